The van der Waals surface area contributed by atoms with E-state index >= 15 is 0 Å². The highest BCUT2D eigenvalue weighted by Crippen LogP contribution is 2.31. The van der Waals surface area contributed by atoms with Gasteiger partial charge in [0.05, 0.1) is 24.4 Å². The van der Waals surface area contributed by atoms with Gasteiger partial charge in [-0.05, 0) is 18.6 Å². The van der Waals surface area contributed by atoms with Gasteiger partial charge in [0.2, 0.25) is 5.91 Å². The van der Waals surface area contributed by atoms with E-state index in [1.807, 2.05) is 10.8 Å². The third-order valence-electron chi connectivity index (χ3n) is 2.98. The topological polar surface area (TPSA) is 56.1 Å². The lowest BCUT2D eigenvalue weighted by Crippen LogP contribution is -2.26. The number of nitrogens with one attached hydrogen (secondary N) is 1. The van der Waals surface area contributed by atoms with Gasteiger partial charge in [-0.1, -0.05) is 29.3 Å². The zero-order valence-corrected chi connectivity index (χ0v) is 13.5. The van der Waals surface area contributed by atoms with Crippen molar-refractivity contribution in [1.29, 1.82) is 0 Å². The maximum atomic E-state index is 11.7. The molecule has 0 aliphatic heterocycles. The van der Waals surface area contributed by atoms with E-state index in [2.05, 4.69) is 10.3 Å². The number of benzene rings is 1. The van der Waals surface area contributed by atoms with Crippen LogP contribution >= 0.6 is 23.2 Å². The van der Waals surface area contributed by atoms with Gasteiger partial charge in [0.1, 0.15) is 10.8 Å². The van der Waals surface area contributed by atoms with Crippen molar-refractivity contribution in [2.75, 3.05) is 13.2 Å². The summed E-state index contributed by atoms with van der Waals surface area (Å²) in [7, 11) is 0. The van der Waals surface area contributed by atoms with E-state index in [0.29, 0.717) is 22.3 Å². The summed E-state index contributed by atoms with van der Waals surface area (Å²) >= 11 is 11.9. The number of rotatable bonds is 8. The van der Waals surface area contributed by atoms with E-state index in [4.69, 9.17) is 27.9 Å². The Bertz CT molecular complexity index is 603. The predicted molar refractivity (Wildman–Crippen MR) is 86.4 cm³/mol. The number of aromatic nitrogens is 2. The predicted octanol–water partition coefficient (Wildman–Crippen LogP) is 3.17. The first-order valence-corrected chi connectivity index (χ1v) is 7.71. The first-order valence-electron chi connectivity index (χ1n) is 6.96. The first kappa shape index (κ1) is 16.6. The summed E-state index contributed by atoms with van der Waals surface area (Å²) in [5.41, 5.74) is 0. The number of carbonyl (C=O) groups excluding carboxylic acids is 1. The number of imidazole rings is 1. The number of hydrogen-bond acceptors (Lipinski definition) is 3. The number of carbonyl (C=O) groups is 1. The number of halogens is 2. The monoisotopic (exact) mass is 341 g/mol. The fourth-order valence-corrected chi connectivity index (χ4v) is 2.19. The number of hydrogen-bond donors (Lipinski definition) is 1. The highest BCUT2D eigenvalue weighted by atomic mass is 35.5. The van der Waals surface area contributed by atoms with Gasteiger partial charge in [0, 0.05) is 25.5 Å². The molecule has 5 nitrogen and oxygen atoms in total. The molecule has 1 heterocycles. The van der Waals surface area contributed by atoms with Crippen LogP contribution in [0.3, 0.4) is 0 Å². The second-order valence-corrected chi connectivity index (χ2v) is 5.44. The normalized spacial score (nSPS) is 10.5. The molecule has 0 aliphatic rings. The lowest BCUT2D eigenvalue weighted by Gasteiger charge is -2.09. The molecule has 118 valence electrons. The molecule has 0 atom stereocenters. The molecule has 1 aromatic heterocycles. The highest BCUT2D eigenvalue weighted by molar-refractivity contribution is 6.42. The molecule has 1 amide bonds. The van der Waals surface area contributed by atoms with Gasteiger partial charge in [-0.2, -0.15) is 0 Å². The minimum absolute atomic E-state index is 0.0521. The van der Waals surface area contributed by atoms with Crippen molar-refractivity contribution in [2.24, 2.45) is 0 Å². The Kier molecular flexibility index (Phi) is 6.55. The van der Waals surface area contributed by atoms with Crippen LogP contribution in [0.15, 0.2) is 36.9 Å². The third-order valence-corrected chi connectivity index (χ3v) is 3.78. The van der Waals surface area contributed by atoms with E-state index in [9.17, 15) is 4.79 Å². The second kappa shape index (κ2) is 8.66. The lowest BCUT2D eigenvalue weighted by atomic mass is 10.3. The van der Waals surface area contributed by atoms with E-state index < -0.39 is 0 Å². The molecule has 7 heteroatoms. The smallest absolute Gasteiger partial charge is 0.223 e. The largest absolute Gasteiger partial charge is 0.491 e. The molecule has 0 saturated carbocycles. The Morgan fingerprint density at radius 3 is 3.00 bits per heavy atom. The Morgan fingerprint density at radius 1 is 1.36 bits per heavy atom. The molecular weight excluding hydrogens is 325 g/mol. The van der Waals surface area contributed by atoms with E-state index in [1.165, 1.54) is 0 Å². The Hall–Kier alpha value is -1.72. The summed E-state index contributed by atoms with van der Waals surface area (Å²) in [5, 5.41) is 3.64. The molecule has 0 saturated heterocycles. The molecule has 1 N–H and O–H groups in total. The van der Waals surface area contributed by atoms with Gasteiger partial charge in [-0.15, -0.1) is 0 Å². The van der Waals surface area contributed by atoms with E-state index in [-0.39, 0.29) is 18.9 Å². The molecule has 0 unspecified atom stereocenters. The van der Waals surface area contributed by atoms with Crippen molar-refractivity contribution >= 4 is 29.1 Å². The number of nitrogens with zero attached hydrogens (tertiary/aromatic N) is 2. The summed E-state index contributed by atoms with van der Waals surface area (Å²) in [6.07, 6.45) is 6.50. The van der Waals surface area contributed by atoms with Crippen molar-refractivity contribution in [3.8, 4) is 5.75 Å². The quantitative estimate of drug-likeness (QED) is 0.750. The van der Waals surface area contributed by atoms with Gasteiger partial charge in [-0.25, -0.2) is 4.98 Å². The average Bonchev–Trinajstić information content (AvgIpc) is 3.01. The molecule has 22 heavy (non-hydrogen) atoms. The van der Waals surface area contributed by atoms with Gasteiger partial charge in [0.15, 0.2) is 0 Å². The van der Waals surface area contributed by atoms with Crippen LogP contribution in [0.5, 0.6) is 5.75 Å². The van der Waals surface area contributed by atoms with E-state index in [0.717, 1.165) is 13.0 Å². The standard InChI is InChI=1S/C15H17Cl2N3O2/c16-12-3-1-4-13(15(12)17)22-10-5-14(21)19-6-2-8-20-9-7-18-11-20/h1,3-4,7,9,11H,2,5-6,8,10H2,(H,19,21). The van der Waals surface area contributed by atoms with E-state index in [1.54, 1.807) is 30.7 Å². The number of aryl methyl sites for hydroxylation is 1. The third kappa shape index (κ3) is 5.24. The summed E-state index contributed by atoms with van der Waals surface area (Å²) in [5.74, 6) is 0.436. The van der Waals surface area contributed by atoms with Crippen molar-refractivity contribution in [2.45, 2.75) is 19.4 Å². The minimum Gasteiger partial charge on any atom is -0.491 e. The van der Waals surface area contributed by atoms with Crippen LogP contribution in [0, 0.1) is 0 Å². The van der Waals surface area contributed by atoms with Crippen LogP contribution in [-0.4, -0.2) is 28.6 Å². The molecule has 0 bridgehead atoms. The molecule has 1 aromatic carbocycles. The van der Waals surface area contributed by atoms with Crippen LogP contribution in [0.4, 0.5) is 0 Å². The van der Waals surface area contributed by atoms with Crippen molar-refractivity contribution in [3.05, 3.63) is 47.0 Å². The van der Waals surface area contributed by atoms with Gasteiger partial charge < -0.3 is 14.6 Å². The molecule has 0 spiro atoms. The highest BCUT2D eigenvalue weighted by Gasteiger charge is 2.06. The maximum Gasteiger partial charge on any atom is 0.223 e. The average molecular weight is 342 g/mol. The fourth-order valence-electron chi connectivity index (χ4n) is 1.85. The molecule has 0 radical (unpaired) electrons. The zero-order valence-electron chi connectivity index (χ0n) is 12.0. The fraction of sp³-hybridized carbons (Fsp3) is 0.333. The van der Waals surface area contributed by atoms with Crippen LogP contribution < -0.4 is 10.1 Å². The van der Waals surface area contributed by atoms with Gasteiger partial charge in [0.25, 0.3) is 0 Å². The van der Waals surface area contributed by atoms with Crippen LogP contribution in [0.1, 0.15) is 12.8 Å². The van der Waals surface area contributed by atoms with Crippen molar-refractivity contribution in [3.63, 3.8) is 0 Å². The Morgan fingerprint density at radius 2 is 2.23 bits per heavy atom. The van der Waals surface area contributed by atoms with Gasteiger partial charge >= 0.3 is 0 Å². The van der Waals surface area contributed by atoms with Crippen LogP contribution in [0.2, 0.25) is 10.0 Å². The van der Waals surface area contributed by atoms with Crippen LogP contribution in [-0.2, 0) is 11.3 Å². The molecule has 2 aromatic rings. The minimum atomic E-state index is -0.0521. The maximum absolute atomic E-state index is 11.7. The SMILES string of the molecule is O=C(CCOc1cccc(Cl)c1Cl)NCCCn1ccnc1. The molecule has 2 rings (SSSR count). The number of amides is 1. The summed E-state index contributed by atoms with van der Waals surface area (Å²) in [6.45, 7) is 1.71. The van der Waals surface area contributed by atoms with Gasteiger partial charge in [-0.3, -0.25) is 4.79 Å². The van der Waals surface area contributed by atoms with Crippen molar-refractivity contribution < 1.29 is 9.53 Å². The summed E-state index contributed by atoms with van der Waals surface area (Å²) in [4.78, 5) is 15.6. The Labute approximate surface area is 139 Å². The zero-order chi connectivity index (χ0) is 15.8. The lowest BCUT2D eigenvalue weighted by molar-refractivity contribution is -0.121. The number of ether oxygens (including phenoxy) is 1. The molecule has 0 aliphatic carbocycles. The first-order chi connectivity index (χ1) is 10.7. The molecule has 0 fully saturated rings. The summed E-state index contributed by atoms with van der Waals surface area (Å²) < 4.78 is 7.43. The van der Waals surface area contributed by atoms with Crippen LogP contribution in [0.25, 0.3) is 0 Å². The van der Waals surface area contributed by atoms with Crippen molar-refractivity contribution in [1.82, 2.24) is 14.9 Å². The second-order valence-electron chi connectivity index (χ2n) is 4.65. The Balaban J connectivity index is 1.60. The molecular formula is C15H17Cl2N3O2. The summed E-state index contributed by atoms with van der Waals surface area (Å²) in [6, 6.07) is 5.15.